The summed E-state index contributed by atoms with van der Waals surface area (Å²) >= 11 is 2.76. The standard InChI is InChI=1S/C22H25N3O2S2/c1-14-10-15(2)12-24(11-14)19(26)13-29-22-23-17-8-9-28-20(17)21(27)25(22)18-7-5-4-6-16(18)3/h4-9,14-15H,10-13H2,1-3H3/t14-,15+. The van der Waals surface area contributed by atoms with Crippen LogP contribution in [0.25, 0.3) is 15.9 Å². The molecular formula is C22H25N3O2S2. The second-order valence-electron chi connectivity index (χ2n) is 7.99. The number of likely N-dealkylation sites (tertiary alicyclic amines) is 1. The highest BCUT2D eigenvalue weighted by Crippen LogP contribution is 2.26. The predicted octanol–water partition coefficient (Wildman–Crippen LogP) is 4.35. The quantitative estimate of drug-likeness (QED) is 0.459. The Labute approximate surface area is 178 Å². The SMILES string of the molecule is Cc1ccccc1-n1c(SCC(=O)N2C[C@H](C)C[C@H](C)C2)nc2ccsc2c1=O. The van der Waals surface area contributed by atoms with Crippen molar-refractivity contribution >= 4 is 39.2 Å². The van der Waals surface area contributed by atoms with Crippen LogP contribution in [-0.2, 0) is 4.79 Å². The third kappa shape index (κ3) is 4.12. The number of aromatic nitrogens is 2. The molecule has 4 rings (SSSR count). The molecule has 0 saturated carbocycles. The van der Waals surface area contributed by atoms with E-state index in [1.165, 1.54) is 29.5 Å². The molecule has 1 aliphatic heterocycles. The third-order valence-electron chi connectivity index (χ3n) is 5.35. The van der Waals surface area contributed by atoms with Crippen molar-refractivity contribution in [1.82, 2.24) is 14.5 Å². The first-order valence-electron chi connectivity index (χ1n) is 9.91. The number of hydrogen-bond acceptors (Lipinski definition) is 5. The first-order valence-corrected chi connectivity index (χ1v) is 11.8. The van der Waals surface area contributed by atoms with Gasteiger partial charge in [0.1, 0.15) is 4.70 Å². The monoisotopic (exact) mass is 427 g/mol. The molecule has 29 heavy (non-hydrogen) atoms. The number of hydrogen-bond donors (Lipinski definition) is 0. The van der Waals surface area contributed by atoms with Crippen LogP contribution < -0.4 is 5.56 Å². The lowest BCUT2D eigenvalue weighted by Gasteiger charge is -2.35. The molecule has 1 aromatic carbocycles. The van der Waals surface area contributed by atoms with Crippen LogP contribution in [-0.4, -0.2) is 39.2 Å². The van der Waals surface area contributed by atoms with Crippen LogP contribution >= 0.6 is 23.1 Å². The Hall–Kier alpha value is -2.12. The second kappa shape index (κ2) is 8.32. The molecule has 2 aromatic heterocycles. The van der Waals surface area contributed by atoms with Gasteiger partial charge in [-0.3, -0.25) is 14.2 Å². The lowest BCUT2D eigenvalue weighted by Crippen LogP contribution is -2.43. The van der Waals surface area contributed by atoms with Crippen molar-refractivity contribution in [2.45, 2.75) is 32.3 Å². The number of rotatable bonds is 4. The summed E-state index contributed by atoms with van der Waals surface area (Å²) in [5.74, 6) is 1.45. The smallest absolute Gasteiger partial charge is 0.276 e. The van der Waals surface area contributed by atoms with Gasteiger partial charge in [0.2, 0.25) is 5.91 Å². The minimum atomic E-state index is -0.0746. The normalized spacial score (nSPS) is 19.6. The second-order valence-corrected chi connectivity index (χ2v) is 9.85. The van der Waals surface area contributed by atoms with E-state index in [0.717, 1.165) is 24.3 Å². The number of fused-ring (bicyclic) bond motifs is 1. The molecule has 5 nitrogen and oxygen atoms in total. The van der Waals surface area contributed by atoms with E-state index < -0.39 is 0 Å². The predicted molar refractivity (Wildman–Crippen MR) is 120 cm³/mol. The van der Waals surface area contributed by atoms with Crippen molar-refractivity contribution in [2.24, 2.45) is 11.8 Å². The molecule has 0 bridgehead atoms. The maximum Gasteiger partial charge on any atom is 0.276 e. The molecule has 0 spiro atoms. The van der Waals surface area contributed by atoms with Gasteiger partial charge in [0.15, 0.2) is 5.16 Å². The molecule has 0 aliphatic carbocycles. The highest BCUT2D eigenvalue weighted by molar-refractivity contribution is 7.99. The van der Waals surface area contributed by atoms with E-state index in [4.69, 9.17) is 4.98 Å². The minimum absolute atomic E-state index is 0.0746. The van der Waals surface area contributed by atoms with Crippen LogP contribution in [0.1, 0.15) is 25.8 Å². The Morgan fingerprint density at radius 2 is 1.93 bits per heavy atom. The summed E-state index contributed by atoms with van der Waals surface area (Å²) in [5, 5.41) is 2.46. The Kier molecular flexibility index (Phi) is 5.79. The van der Waals surface area contributed by atoms with Crippen molar-refractivity contribution in [3.63, 3.8) is 0 Å². The first-order chi connectivity index (χ1) is 13.9. The Morgan fingerprint density at radius 3 is 2.66 bits per heavy atom. The number of nitrogens with zero attached hydrogens (tertiary/aromatic N) is 3. The maximum atomic E-state index is 13.2. The van der Waals surface area contributed by atoms with Crippen molar-refractivity contribution in [1.29, 1.82) is 0 Å². The largest absolute Gasteiger partial charge is 0.341 e. The lowest BCUT2D eigenvalue weighted by atomic mass is 9.92. The van der Waals surface area contributed by atoms with Crippen LogP contribution in [0, 0.1) is 18.8 Å². The highest BCUT2D eigenvalue weighted by Gasteiger charge is 2.26. The van der Waals surface area contributed by atoms with Gasteiger partial charge in [0.25, 0.3) is 5.56 Å². The van der Waals surface area contributed by atoms with Crippen molar-refractivity contribution in [3.8, 4) is 5.69 Å². The fourth-order valence-electron chi connectivity index (χ4n) is 4.10. The van der Waals surface area contributed by atoms with Crippen LogP contribution in [0.2, 0.25) is 0 Å². The summed E-state index contributed by atoms with van der Waals surface area (Å²) in [6, 6.07) is 9.65. The fourth-order valence-corrected chi connectivity index (χ4v) is 5.77. The number of piperidine rings is 1. The molecule has 7 heteroatoms. The van der Waals surface area contributed by atoms with E-state index in [-0.39, 0.29) is 17.2 Å². The van der Waals surface area contributed by atoms with Gasteiger partial charge in [-0.2, -0.15) is 0 Å². The maximum absolute atomic E-state index is 13.2. The van der Waals surface area contributed by atoms with Gasteiger partial charge >= 0.3 is 0 Å². The number of carbonyl (C=O) groups is 1. The zero-order valence-electron chi connectivity index (χ0n) is 16.9. The minimum Gasteiger partial charge on any atom is -0.341 e. The summed E-state index contributed by atoms with van der Waals surface area (Å²) in [6.07, 6.45) is 1.17. The van der Waals surface area contributed by atoms with Gasteiger partial charge < -0.3 is 4.90 Å². The van der Waals surface area contributed by atoms with Crippen LogP contribution in [0.4, 0.5) is 0 Å². The number of thioether (sulfide) groups is 1. The van der Waals surface area contributed by atoms with Gasteiger partial charge in [-0.05, 0) is 48.3 Å². The molecule has 0 unspecified atom stereocenters. The van der Waals surface area contributed by atoms with E-state index in [2.05, 4.69) is 13.8 Å². The van der Waals surface area contributed by atoms with Crippen LogP contribution in [0.15, 0.2) is 45.7 Å². The molecule has 1 fully saturated rings. The Balaban J connectivity index is 1.66. The molecule has 1 saturated heterocycles. The summed E-state index contributed by atoms with van der Waals surface area (Å²) in [7, 11) is 0. The van der Waals surface area contributed by atoms with Crippen molar-refractivity contribution in [3.05, 3.63) is 51.6 Å². The van der Waals surface area contributed by atoms with E-state index >= 15 is 0 Å². The van der Waals surface area contributed by atoms with E-state index in [0.29, 0.717) is 27.2 Å². The van der Waals surface area contributed by atoms with E-state index in [1.807, 2.05) is 47.5 Å². The number of amides is 1. The summed E-state index contributed by atoms with van der Waals surface area (Å²) in [6.45, 7) is 8.00. The van der Waals surface area contributed by atoms with Crippen LogP contribution in [0.3, 0.4) is 0 Å². The molecular weight excluding hydrogens is 402 g/mol. The summed E-state index contributed by atoms with van der Waals surface area (Å²) in [4.78, 5) is 32.8. The van der Waals surface area contributed by atoms with Gasteiger partial charge in [-0.25, -0.2) is 4.98 Å². The number of carbonyl (C=O) groups excluding carboxylic acids is 1. The number of benzene rings is 1. The first kappa shape index (κ1) is 20.2. The van der Waals surface area contributed by atoms with E-state index in [9.17, 15) is 9.59 Å². The topological polar surface area (TPSA) is 55.2 Å². The Morgan fingerprint density at radius 1 is 1.21 bits per heavy atom. The van der Waals surface area contributed by atoms with Crippen molar-refractivity contribution < 1.29 is 4.79 Å². The molecule has 0 radical (unpaired) electrons. The van der Waals surface area contributed by atoms with Crippen LogP contribution in [0.5, 0.6) is 0 Å². The van der Waals surface area contributed by atoms with Gasteiger partial charge in [-0.15, -0.1) is 11.3 Å². The van der Waals surface area contributed by atoms with Crippen molar-refractivity contribution in [2.75, 3.05) is 18.8 Å². The molecule has 2 atom stereocenters. The van der Waals surface area contributed by atoms with Gasteiger partial charge in [0, 0.05) is 13.1 Å². The zero-order valence-corrected chi connectivity index (χ0v) is 18.6. The molecule has 0 N–H and O–H groups in total. The molecule has 3 aromatic rings. The fraction of sp³-hybridized carbons (Fsp3) is 0.409. The summed E-state index contributed by atoms with van der Waals surface area (Å²) < 4.78 is 2.30. The summed E-state index contributed by atoms with van der Waals surface area (Å²) in [5.41, 5.74) is 2.43. The molecule has 1 amide bonds. The van der Waals surface area contributed by atoms with Gasteiger partial charge in [0.05, 0.1) is 17.0 Å². The number of para-hydroxylation sites is 1. The van der Waals surface area contributed by atoms with Gasteiger partial charge in [-0.1, -0.05) is 43.8 Å². The average Bonchev–Trinajstić information content (AvgIpc) is 3.15. The number of thiophene rings is 1. The Bertz CT molecular complexity index is 1090. The molecule has 152 valence electrons. The lowest BCUT2D eigenvalue weighted by molar-refractivity contribution is -0.130. The molecule has 1 aliphatic rings. The average molecular weight is 428 g/mol. The zero-order chi connectivity index (χ0) is 20.5. The third-order valence-corrected chi connectivity index (χ3v) is 7.17. The number of aryl methyl sites for hydroxylation is 1. The highest BCUT2D eigenvalue weighted by atomic mass is 32.2. The molecule has 3 heterocycles. The van der Waals surface area contributed by atoms with E-state index in [1.54, 1.807) is 4.57 Å².